The molecule has 3 fully saturated rings. The zero-order valence-electron chi connectivity index (χ0n) is 14.2. The summed E-state index contributed by atoms with van der Waals surface area (Å²) in [5, 5.41) is 2.68. The van der Waals surface area contributed by atoms with Crippen LogP contribution in [0.25, 0.3) is 0 Å². The van der Waals surface area contributed by atoms with Gasteiger partial charge in [0, 0.05) is 26.4 Å². The fourth-order valence-electron chi connectivity index (χ4n) is 3.45. The quantitative estimate of drug-likeness (QED) is 0.640. The summed E-state index contributed by atoms with van der Waals surface area (Å²) in [6.45, 7) is 2.57. The highest BCUT2D eigenvalue weighted by Gasteiger charge is 2.52. The number of amides is 2. The van der Waals surface area contributed by atoms with Crippen LogP contribution in [-0.2, 0) is 24.2 Å². The first-order chi connectivity index (χ1) is 11.2. The predicted molar refractivity (Wildman–Crippen MR) is 87.1 cm³/mol. The van der Waals surface area contributed by atoms with Crippen molar-refractivity contribution in [3.63, 3.8) is 0 Å². The lowest BCUT2D eigenvalue weighted by Crippen LogP contribution is -2.74. The Balaban J connectivity index is 1.60. The Bertz CT molecular complexity index is 625. The van der Waals surface area contributed by atoms with Gasteiger partial charge in [0.25, 0.3) is 0 Å². The highest BCUT2D eigenvalue weighted by Crippen LogP contribution is 2.35. The molecular weight excluding hydrogens is 334 g/mol. The third kappa shape index (κ3) is 3.89. The first-order valence-electron chi connectivity index (χ1n) is 8.26. The molecule has 0 bridgehead atoms. The van der Waals surface area contributed by atoms with E-state index in [0.29, 0.717) is 32.2 Å². The minimum atomic E-state index is -3.32. The number of likely N-dealkylation sites (N-methyl/N-ethyl adjacent to an activating group) is 1. The zero-order valence-corrected chi connectivity index (χ0v) is 15.0. The summed E-state index contributed by atoms with van der Waals surface area (Å²) < 4.78 is 28.4. The van der Waals surface area contributed by atoms with Gasteiger partial charge in [-0.1, -0.05) is 0 Å². The van der Waals surface area contributed by atoms with Gasteiger partial charge in [0.05, 0.1) is 19.7 Å². The summed E-state index contributed by atoms with van der Waals surface area (Å²) in [5.41, 5.74) is -0.466. The minimum absolute atomic E-state index is 0.0465. The van der Waals surface area contributed by atoms with E-state index in [1.165, 1.54) is 17.7 Å². The molecule has 9 heteroatoms. The van der Waals surface area contributed by atoms with Crippen LogP contribution in [-0.4, -0.2) is 93.5 Å². The number of carbonyl (C=O) groups is 2. The van der Waals surface area contributed by atoms with Crippen LogP contribution in [0.5, 0.6) is 0 Å². The van der Waals surface area contributed by atoms with Crippen molar-refractivity contribution in [1.29, 1.82) is 0 Å². The van der Waals surface area contributed by atoms with Crippen LogP contribution in [0.3, 0.4) is 0 Å². The van der Waals surface area contributed by atoms with Crippen LogP contribution in [0, 0.1) is 5.92 Å². The number of hydrogen-bond donors (Lipinski definition) is 1. The lowest BCUT2D eigenvalue weighted by Gasteiger charge is -2.55. The number of sulfone groups is 1. The Morgan fingerprint density at radius 1 is 1.25 bits per heavy atom. The molecule has 3 rings (SSSR count). The molecule has 1 unspecified atom stereocenters. The smallest absolute Gasteiger partial charge is 0.239 e. The van der Waals surface area contributed by atoms with Gasteiger partial charge >= 0.3 is 0 Å². The normalized spacial score (nSPS) is 26.9. The second-order valence-electron chi connectivity index (χ2n) is 7.32. The largest absolute Gasteiger partial charge is 0.368 e. The molecule has 3 aliphatic rings. The third-order valence-electron chi connectivity index (χ3n) is 4.91. The van der Waals surface area contributed by atoms with E-state index >= 15 is 0 Å². The first-order valence-corrected chi connectivity index (χ1v) is 10.3. The summed E-state index contributed by atoms with van der Waals surface area (Å²) in [6.07, 6.45) is 3.45. The van der Waals surface area contributed by atoms with Crippen LogP contribution in [0.15, 0.2) is 0 Å². The molecule has 1 N–H and O–H groups in total. The van der Waals surface area contributed by atoms with Crippen molar-refractivity contribution in [3.05, 3.63) is 0 Å². The Hall–Kier alpha value is -1.19. The molecule has 0 aromatic carbocycles. The Kier molecular flexibility index (Phi) is 4.61. The molecule has 8 nitrogen and oxygen atoms in total. The number of carbonyl (C=O) groups excluding carboxylic acids is 2. The van der Waals surface area contributed by atoms with E-state index in [0.717, 1.165) is 12.8 Å². The van der Waals surface area contributed by atoms with Crippen molar-refractivity contribution in [3.8, 4) is 0 Å². The number of likely N-dealkylation sites (tertiary alicyclic amines) is 1. The van der Waals surface area contributed by atoms with E-state index in [1.54, 1.807) is 7.05 Å². The molecule has 2 aliphatic heterocycles. The number of ether oxygens (including phenoxy) is 1. The predicted octanol–water partition coefficient (Wildman–Crippen LogP) is -1.53. The van der Waals surface area contributed by atoms with E-state index < -0.39 is 21.2 Å². The summed E-state index contributed by atoms with van der Waals surface area (Å²) in [6, 6.07) is -0.290. The number of nitrogens with one attached hydrogen (secondary N) is 1. The van der Waals surface area contributed by atoms with Gasteiger partial charge in [0.15, 0.2) is 9.84 Å². The summed E-state index contributed by atoms with van der Waals surface area (Å²) in [7, 11) is -1.70. The lowest BCUT2D eigenvalue weighted by atomic mass is 9.90. The average molecular weight is 359 g/mol. The van der Waals surface area contributed by atoms with Crippen molar-refractivity contribution in [2.45, 2.75) is 24.5 Å². The van der Waals surface area contributed by atoms with Gasteiger partial charge in [-0.3, -0.25) is 14.5 Å². The number of hydrogen-bond acceptors (Lipinski definition) is 6. The lowest BCUT2D eigenvalue weighted by molar-refractivity contribution is -0.203. The van der Waals surface area contributed by atoms with E-state index in [4.69, 9.17) is 4.74 Å². The molecule has 1 atom stereocenters. The van der Waals surface area contributed by atoms with Gasteiger partial charge in [-0.2, -0.15) is 0 Å². The van der Waals surface area contributed by atoms with Crippen molar-refractivity contribution >= 4 is 21.7 Å². The van der Waals surface area contributed by atoms with Crippen LogP contribution in [0.1, 0.15) is 12.8 Å². The number of nitrogens with zero attached hydrogens (tertiary/aromatic N) is 2. The minimum Gasteiger partial charge on any atom is -0.368 e. The van der Waals surface area contributed by atoms with Crippen molar-refractivity contribution in [2.75, 3.05) is 51.8 Å². The maximum atomic E-state index is 12.1. The molecule has 1 aliphatic carbocycles. The van der Waals surface area contributed by atoms with Crippen LogP contribution < -0.4 is 5.32 Å². The number of rotatable bonds is 5. The van der Waals surface area contributed by atoms with Crippen LogP contribution >= 0.6 is 0 Å². The molecule has 2 amide bonds. The van der Waals surface area contributed by atoms with Crippen LogP contribution in [0.2, 0.25) is 0 Å². The first kappa shape index (κ1) is 17.6. The maximum Gasteiger partial charge on any atom is 0.239 e. The molecule has 0 radical (unpaired) electrons. The third-order valence-corrected chi connectivity index (χ3v) is 5.69. The highest BCUT2D eigenvalue weighted by atomic mass is 32.2. The van der Waals surface area contributed by atoms with Crippen molar-refractivity contribution in [1.82, 2.24) is 15.1 Å². The Labute approximate surface area is 142 Å². The van der Waals surface area contributed by atoms with Gasteiger partial charge in [0.2, 0.25) is 11.8 Å². The highest BCUT2D eigenvalue weighted by molar-refractivity contribution is 7.91. The second kappa shape index (κ2) is 6.27. The molecule has 1 saturated carbocycles. The Morgan fingerprint density at radius 3 is 2.46 bits per heavy atom. The van der Waals surface area contributed by atoms with Crippen molar-refractivity contribution < 1.29 is 22.7 Å². The SMILES string of the molecule is CNC(=O)C1COC2(CN(C(=O)CS(C)(=O)=O)C2)CN1CC1CC1. The summed E-state index contributed by atoms with van der Waals surface area (Å²) in [5.74, 6) is -0.241. The van der Waals surface area contributed by atoms with Crippen LogP contribution in [0.4, 0.5) is 0 Å². The van der Waals surface area contributed by atoms with Gasteiger partial charge in [-0.05, 0) is 18.8 Å². The molecular formula is C15H25N3O5S. The average Bonchev–Trinajstić information content (AvgIpc) is 3.26. The van der Waals surface area contributed by atoms with E-state index in [9.17, 15) is 18.0 Å². The van der Waals surface area contributed by atoms with E-state index in [-0.39, 0.29) is 17.9 Å². The van der Waals surface area contributed by atoms with E-state index in [1.807, 2.05) is 0 Å². The molecule has 24 heavy (non-hydrogen) atoms. The van der Waals surface area contributed by atoms with Gasteiger partial charge < -0.3 is 15.0 Å². The second-order valence-corrected chi connectivity index (χ2v) is 9.46. The summed E-state index contributed by atoms with van der Waals surface area (Å²) in [4.78, 5) is 27.7. The molecule has 1 spiro atoms. The molecule has 136 valence electrons. The molecule has 2 heterocycles. The van der Waals surface area contributed by atoms with Gasteiger partial charge in [-0.15, -0.1) is 0 Å². The summed E-state index contributed by atoms with van der Waals surface area (Å²) >= 11 is 0. The molecule has 0 aromatic rings. The molecule has 2 saturated heterocycles. The maximum absolute atomic E-state index is 12.1. The fourth-order valence-corrected chi connectivity index (χ4v) is 4.08. The fraction of sp³-hybridized carbons (Fsp3) is 0.867. The number of morpholine rings is 1. The van der Waals surface area contributed by atoms with E-state index in [2.05, 4.69) is 10.2 Å². The van der Waals surface area contributed by atoms with Gasteiger partial charge in [0.1, 0.15) is 17.4 Å². The Morgan fingerprint density at radius 2 is 1.92 bits per heavy atom. The van der Waals surface area contributed by atoms with Gasteiger partial charge in [-0.25, -0.2) is 8.42 Å². The van der Waals surface area contributed by atoms with Crippen molar-refractivity contribution in [2.24, 2.45) is 5.92 Å². The zero-order chi connectivity index (χ0) is 17.5. The topological polar surface area (TPSA) is 96.0 Å². The standard InChI is InChI=1S/C15H25N3O5S/c1-16-14(20)12-6-23-15(8-17(12)5-11-3-4-11)9-18(10-15)13(19)7-24(2,21)22/h11-12H,3-10H2,1-2H3,(H,16,20). The monoisotopic (exact) mass is 359 g/mol. The molecule has 0 aromatic heterocycles.